The van der Waals surface area contributed by atoms with Gasteiger partial charge in [-0.2, -0.15) is 0 Å². The Morgan fingerprint density at radius 3 is 2.52 bits per heavy atom. The number of carboxylic acids is 1. The fourth-order valence-corrected chi connectivity index (χ4v) is 2.52. The molecule has 0 saturated carbocycles. The van der Waals surface area contributed by atoms with Gasteiger partial charge in [-0.15, -0.1) is 0 Å². The SMILES string of the molecule is COc1ccc(C(=O)Nc2c(N)nc(S[C@@H](C)C(=O)[O-])[nH]c2=O)cc1. The first kappa shape index (κ1) is 18.3. The number of amides is 1. The van der Waals surface area contributed by atoms with Crippen molar-refractivity contribution in [1.82, 2.24) is 9.97 Å². The lowest BCUT2D eigenvalue weighted by molar-refractivity contribution is -0.304. The number of aliphatic carboxylic acids is 1. The summed E-state index contributed by atoms with van der Waals surface area (Å²) in [6.07, 6.45) is 0. The molecule has 2 rings (SSSR count). The molecule has 10 heteroatoms. The number of nitrogens with one attached hydrogen (secondary N) is 2. The molecule has 0 aliphatic rings. The molecule has 0 aliphatic heterocycles. The third-order valence-electron chi connectivity index (χ3n) is 3.14. The maximum atomic E-state index is 12.2. The van der Waals surface area contributed by atoms with E-state index in [9.17, 15) is 19.5 Å². The van der Waals surface area contributed by atoms with Crippen molar-refractivity contribution in [2.75, 3.05) is 18.2 Å². The average molecular weight is 363 g/mol. The largest absolute Gasteiger partial charge is 0.549 e. The molecule has 0 saturated heterocycles. The average Bonchev–Trinajstić information content (AvgIpc) is 2.58. The highest BCUT2D eigenvalue weighted by Gasteiger charge is 2.15. The summed E-state index contributed by atoms with van der Waals surface area (Å²) in [7, 11) is 1.50. The number of hydrogen-bond donors (Lipinski definition) is 3. The number of rotatable bonds is 6. The molecule has 2 aromatic rings. The van der Waals surface area contributed by atoms with Gasteiger partial charge in [0.25, 0.3) is 11.5 Å². The molecule has 1 atom stereocenters. The Morgan fingerprint density at radius 2 is 2.00 bits per heavy atom. The van der Waals surface area contributed by atoms with E-state index in [1.54, 1.807) is 12.1 Å². The van der Waals surface area contributed by atoms with Crippen LogP contribution in [0.4, 0.5) is 11.5 Å². The van der Waals surface area contributed by atoms with Crippen molar-refractivity contribution >= 4 is 35.1 Å². The van der Waals surface area contributed by atoms with Crippen LogP contribution in [0.1, 0.15) is 17.3 Å². The second-order valence-corrected chi connectivity index (χ2v) is 6.22. The molecular weight excluding hydrogens is 348 g/mol. The minimum absolute atomic E-state index is 0.0154. The highest BCUT2D eigenvalue weighted by atomic mass is 32.2. The van der Waals surface area contributed by atoms with E-state index >= 15 is 0 Å². The van der Waals surface area contributed by atoms with E-state index in [4.69, 9.17) is 10.5 Å². The minimum atomic E-state index is -1.30. The van der Waals surface area contributed by atoms with Crippen molar-refractivity contribution in [3.8, 4) is 5.75 Å². The van der Waals surface area contributed by atoms with Crippen LogP contribution in [0, 0.1) is 0 Å². The number of aromatic nitrogens is 2. The van der Waals surface area contributed by atoms with E-state index < -0.39 is 22.7 Å². The molecule has 0 bridgehead atoms. The third-order valence-corrected chi connectivity index (χ3v) is 4.10. The third kappa shape index (κ3) is 4.51. The number of carboxylic acid groups (broad SMARTS) is 1. The number of benzene rings is 1. The normalized spacial score (nSPS) is 11.6. The van der Waals surface area contributed by atoms with Crippen LogP contribution in [-0.4, -0.2) is 34.2 Å². The summed E-state index contributed by atoms with van der Waals surface area (Å²) < 4.78 is 5.00. The van der Waals surface area contributed by atoms with Crippen LogP contribution in [0.5, 0.6) is 5.75 Å². The van der Waals surface area contributed by atoms with Crippen LogP contribution in [0.15, 0.2) is 34.2 Å². The van der Waals surface area contributed by atoms with E-state index in [0.717, 1.165) is 11.8 Å². The molecule has 0 aliphatic carbocycles. The molecule has 1 heterocycles. The standard InChI is InChI=1S/C15H16N4O5S/c1-7(14(22)23)25-15-18-11(16)10(13(21)19-15)17-12(20)8-3-5-9(24-2)6-4-8/h3-7H,1-2H3,(H,17,20)(H,22,23)(H3,16,18,19,21)/p-1/t7-/m0/s1. The summed E-state index contributed by atoms with van der Waals surface area (Å²) in [5, 5.41) is 12.2. The van der Waals surface area contributed by atoms with Gasteiger partial charge in [-0.25, -0.2) is 4.98 Å². The van der Waals surface area contributed by atoms with Gasteiger partial charge in [-0.05, 0) is 31.2 Å². The molecule has 0 unspecified atom stereocenters. The number of carbonyl (C=O) groups is 2. The van der Waals surface area contributed by atoms with E-state index in [1.807, 2.05) is 0 Å². The number of thioether (sulfide) groups is 1. The quantitative estimate of drug-likeness (QED) is 0.473. The van der Waals surface area contributed by atoms with Crippen molar-refractivity contribution in [1.29, 1.82) is 0 Å². The summed E-state index contributed by atoms with van der Waals surface area (Å²) in [5.41, 5.74) is 5.09. The molecule has 0 radical (unpaired) electrons. The van der Waals surface area contributed by atoms with Gasteiger partial charge in [0.2, 0.25) is 0 Å². The van der Waals surface area contributed by atoms with Crippen LogP contribution >= 0.6 is 11.8 Å². The molecule has 1 amide bonds. The topological polar surface area (TPSA) is 150 Å². The summed E-state index contributed by atoms with van der Waals surface area (Å²) in [6.45, 7) is 1.38. The summed E-state index contributed by atoms with van der Waals surface area (Å²) in [6, 6.07) is 6.25. The van der Waals surface area contributed by atoms with E-state index in [2.05, 4.69) is 15.3 Å². The monoisotopic (exact) mass is 363 g/mol. The zero-order valence-corrected chi connectivity index (χ0v) is 14.2. The van der Waals surface area contributed by atoms with Gasteiger partial charge in [-0.3, -0.25) is 14.6 Å². The Hall–Kier alpha value is -3.01. The van der Waals surface area contributed by atoms with Gasteiger partial charge in [0.15, 0.2) is 11.0 Å². The van der Waals surface area contributed by atoms with E-state index in [1.165, 1.54) is 26.2 Å². The van der Waals surface area contributed by atoms with Crippen LogP contribution in [0.2, 0.25) is 0 Å². The molecule has 1 aromatic carbocycles. The summed E-state index contributed by atoms with van der Waals surface area (Å²) >= 11 is 0.773. The zero-order valence-electron chi connectivity index (χ0n) is 13.4. The Labute approximate surface area is 146 Å². The Morgan fingerprint density at radius 1 is 1.36 bits per heavy atom. The Balaban J connectivity index is 2.20. The van der Waals surface area contributed by atoms with Crippen LogP contribution < -0.4 is 26.5 Å². The molecule has 25 heavy (non-hydrogen) atoms. The lowest BCUT2D eigenvalue weighted by atomic mass is 10.2. The van der Waals surface area contributed by atoms with Gasteiger partial charge < -0.3 is 25.7 Å². The van der Waals surface area contributed by atoms with Gasteiger partial charge in [0, 0.05) is 10.8 Å². The smallest absolute Gasteiger partial charge is 0.277 e. The molecule has 1 aromatic heterocycles. The number of aromatic amines is 1. The van der Waals surface area contributed by atoms with Gasteiger partial charge in [-0.1, -0.05) is 11.8 Å². The second kappa shape index (κ2) is 7.71. The first-order valence-electron chi connectivity index (χ1n) is 7.04. The van der Waals surface area contributed by atoms with Crippen molar-refractivity contribution in [2.45, 2.75) is 17.3 Å². The van der Waals surface area contributed by atoms with Gasteiger partial charge in [0.05, 0.1) is 13.1 Å². The van der Waals surface area contributed by atoms with Gasteiger partial charge in [0.1, 0.15) is 11.4 Å². The van der Waals surface area contributed by atoms with Crippen molar-refractivity contribution in [3.05, 3.63) is 40.2 Å². The van der Waals surface area contributed by atoms with E-state index in [-0.39, 0.29) is 16.7 Å². The maximum absolute atomic E-state index is 12.2. The number of methoxy groups -OCH3 is 1. The predicted molar refractivity (Wildman–Crippen MR) is 90.5 cm³/mol. The molecule has 0 fully saturated rings. The molecule has 9 nitrogen and oxygen atoms in total. The number of hydrogen-bond acceptors (Lipinski definition) is 8. The molecular formula is C15H15N4O5S-. The maximum Gasteiger partial charge on any atom is 0.277 e. The van der Waals surface area contributed by atoms with E-state index in [0.29, 0.717) is 11.3 Å². The molecule has 0 spiro atoms. The number of nitrogens with two attached hydrogens (primary N) is 1. The lowest BCUT2D eigenvalue weighted by Gasteiger charge is -2.12. The summed E-state index contributed by atoms with van der Waals surface area (Å²) in [5.74, 6) is -1.49. The fourth-order valence-electron chi connectivity index (χ4n) is 1.79. The lowest BCUT2D eigenvalue weighted by Crippen LogP contribution is -2.31. The second-order valence-electron chi connectivity index (χ2n) is 4.89. The van der Waals surface area contributed by atoms with Crippen LogP contribution in [0.25, 0.3) is 0 Å². The predicted octanol–water partition coefficient (Wildman–Crippen LogP) is -0.157. The highest BCUT2D eigenvalue weighted by molar-refractivity contribution is 8.00. The number of carbonyl (C=O) groups excluding carboxylic acids is 2. The fraction of sp³-hybridized carbons (Fsp3) is 0.200. The first-order chi connectivity index (χ1) is 11.8. The minimum Gasteiger partial charge on any atom is -0.549 e. The van der Waals surface area contributed by atoms with Crippen LogP contribution in [0.3, 0.4) is 0 Å². The number of nitrogen functional groups attached to an aromatic ring is 1. The number of nitrogens with zero attached hydrogens (tertiary/aromatic N) is 1. The first-order valence-corrected chi connectivity index (χ1v) is 7.92. The number of H-pyrrole nitrogens is 1. The van der Waals surface area contributed by atoms with Gasteiger partial charge >= 0.3 is 0 Å². The highest BCUT2D eigenvalue weighted by Crippen LogP contribution is 2.21. The van der Waals surface area contributed by atoms with Crippen molar-refractivity contribution in [2.24, 2.45) is 0 Å². The Kier molecular flexibility index (Phi) is 5.65. The molecule has 4 N–H and O–H groups in total. The van der Waals surface area contributed by atoms with Crippen molar-refractivity contribution in [3.63, 3.8) is 0 Å². The summed E-state index contributed by atoms with van der Waals surface area (Å²) in [4.78, 5) is 41.3. The zero-order chi connectivity index (χ0) is 18.6. The van der Waals surface area contributed by atoms with Crippen molar-refractivity contribution < 1.29 is 19.4 Å². The molecule has 132 valence electrons. The Bertz CT molecular complexity index is 850. The number of ether oxygens (including phenoxy) is 1. The van der Waals surface area contributed by atoms with Crippen LogP contribution in [-0.2, 0) is 4.79 Å². The number of anilines is 2.